The van der Waals surface area contributed by atoms with Crippen LogP contribution in [0.15, 0.2) is 72.9 Å². The zero-order valence-electron chi connectivity index (χ0n) is 57.3. The first-order chi connectivity index (χ1) is 42.0. The molecule has 86 heavy (non-hydrogen) atoms. The van der Waals surface area contributed by atoms with E-state index in [4.69, 9.17) is 18.5 Å². The van der Waals surface area contributed by atoms with Gasteiger partial charge in [-0.15, -0.1) is 0 Å². The number of nitrogens with zero attached hydrogens (tertiary/aromatic N) is 1. The molecule has 0 aromatic heterocycles. The van der Waals surface area contributed by atoms with Crippen molar-refractivity contribution in [2.45, 2.75) is 354 Å². The van der Waals surface area contributed by atoms with Crippen molar-refractivity contribution in [1.82, 2.24) is 0 Å². The maximum atomic E-state index is 12.8. The summed E-state index contributed by atoms with van der Waals surface area (Å²) in [4.78, 5) is 38.0. The van der Waals surface area contributed by atoms with E-state index in [2.05, 4.69) is 86.8 Å². The van der Waals surface area contributed by atoms with Crippen molar-refractivity contribution in [2.24, 2.45) is 0 Å². The van der Waals surface area contributed by atoms with Gasteiger partial charge in [0.15, 0.2) is 6.10 Å². The number of allylic oxidation sites excluding steroid dienone is 12. The van der Waals surface area contributed by atoms with Crippen LogP contribution in [0.4, 0.5) is 0 Å². The van der Waals surface area contributed by atoms with Gasteiger partial charge in [0.05, 0.1) is 27.7 Å². The molecular weight excluding hydrogens is 1090 g/mol. The monoisotopic (exact) mass is 1230 g/mol. The molecule has 0 aliphatic heterocycles. The van der Waals surface area contributed by atoms with Gasteiger partial charge in [-0.3, -0.25) is 14.2 Å². The molecule has 0 N–H and O–H groups in total. The molecule has 0 aromatic carbocycles. The van der Waals surface area contributed by atoms with Crippen LogP contribution in [-0.4, -0.2) is 70.0 Å². The van der Waals surface area contributed by atoms with Crippen LogP contribution in [0.3, 0.4) is 0 Å². The zero-order chi connectivity index (χ0) is 62.6. The Bertz CT molecular complexity index is 1680. The molecule has 0 radical (unpaired) electrons. The molecule has 0 amide bonds. The first kappa shape index (κ1) is 83.5. The van der Waals surface area contributed by atoms with Crippen molar-refractivity contribution < 1.29 is 42.1 Å². The minimum Gasteiger partial charge on any atom is -0.756 e. The van der Waals surface area contributed by atoms with Crippen molar-refractivity contribution in [2.75, 3.05) is 47.5 Å². The largest absolute Gasteiger partial charge is 0.756 e. The third kappa shape index (κ3) is 70.5. The Hall–Kier alpha value is -2.55. The molecule has 10 heteroatoms. The fourth-order valence-electron chi connectivity index (χ4n) is 10.6. The summed E-state index contributed by atoms with van der Waals surface area (Å²) in [5.41, 5.74) is 0. The lowest BCUT2D eigenvalue weighted by atomic mass is 10.0. The smallest absolute Gasteiger partial charge is 0.306 e. The average Bonchev–Trinajstić information content (AvgIpc) is 3.67. The minimum atomic E-state index is -4.64. The number of likely N-dealkylation sites (N-methyl/N-ethyl adjacent to an activating group) is 1. The topological polar surface area (TPSA) is 111 Å². The molecule has 0 aliphatic carbocycles. The van der Waals surface area contributed by atoms with Gasteiger partial charge in [-0.1, -0.05) is 324 Å². The Labute approximate surface area is 533 Å². The Morgan fingerprint density at radius 1 is 0.372 bits per heavy atom. The Kier molecular flexibility index (Phi) is 64.9. The predicted molar refractivity (Wildman–Crippen MR) is 370 cm³/mol. The number of ether oxygens (including phenoxy) is 2. The van der Waals surface area contributed by atoms with Crippen molar-refractivity contribution in [3.05, 3.63) is 72.9 Å². The summed E-state index contributed by atoms with van der Waals surface area (Å²) >= 11 is 0. The summed E-state index contributed by atoms with van der Waals surface area (Å²) < 4.78 is 34.3. The van der Waals surface area contributed by atoms with E-state index in [9.17, 15) is 19.0 Å². The summed E-state index contributed by atoms with van der Waals surface area (Å²) in [5, 5.41) is 0. The number of phosphoric acid groups is 1. The highest BCUT2D eigenvalue weighted by Gasteiger charge is 2.22. The van der Waals surface area contributed by atoms with E-state index in [-0.39, 0.29) is 32.0 Å². The maximum Gasteiger partial charge on any atom is 0.306 e. The molecule has 0 fully saturated rings. The van der Waals surface area contributed by atoms with Gasteiger partial charge in [0.1, 0.15) is 19.8 Å². The Balaban J connectivity index is 3.89. The van der Waals surface area contributed by atoms with Gasteiger partial charge in [0.25, 0.3) is 7.82 Å². The third-order valence-corrected chi connectivity index (χ3v) is 17.2. The predicted octanol–water partition coefficient (Wildman–Crippen LogP) is 23.3. The van der Waals surface area contributed by atoms with Crippen LogP contribution in [0.25, 0.3) is 0 Å². The van der Waals surface area contributed by atoms with Gasteiger partial charge >= 0.3 is 11.9 Å². The van der Waals surface area contributed by atoms with Crippen molar-refractivity contribution in [3.8, 4) is 0 Å². The molecular formula is C76H140NO8P. The van der Waals surface area contributed by atoms with Crippen LogP contribution in [0.1, 0.15) is 348 Å². The lowest BCUT2D eigenvalue weighted by Crippen LogP contribution is -2.37. The van der Waals surface area contributed by atoms with Gasteiger partial charge in [0, 0.05) is 12.8 Å². The number of unbranched alkanes of at least 4 members (excludes halogenated alkanes) is 42. The number of carbonyl (C=O) groups excluding carboxylic acids is 2. The Morgan fingerprint density at radius 3 is 0.988 bits per heavy atom. The van der Waals surface area contributed by atoms with Gasteiger partial charge in [-0.2, -0.15) is 0 Å². The van der Waals surface area contributed by atoms with E-state index in [1.54, 1.807) is 0 Å². The minimum absolute atomic E-state index is 0.0333. The molecule has 2 atom stereocenters. The van der Waals surface area contributed by atoms with E-state index < -0.39 is 26.5 Å². The molecule has 0 spiro atoms. The van der Waals surface area contributed by atoms with E-state index in [1.807, 2.05) is 21.1 Å². The highest BCUT2D eigenvalue weighted by Crippen LogP contribution is 2.38. The molecule has 0 aromatic rings. The lowest BCUT2D eigenvalue weighted by Gasteiger charge is -2.28. The normalized spacial score (nSPS) is 13.5. The summed E-state index contributed by atoms with van der Waals surface area (Å²) in [6.45, 7) is 4.15. The van der Waals surface area contributed by atoms with Gasteiger partial charge in [0.2, 0.25) is 0 Å². The molecule has 0 saturated carbocycles. The average molecular weight is 1230 g/mol. The standard InChI is InChI=1S/C76H140NO8P/c1-6-8-10-12-14-16-18-20-22-24-26-28-29-30-31-32-33-34-35-36-37-38-39-40-41-42-43-44-45-46-47-49-50-52-54-56-58-60-62-64-66-68-75(78)82-72-74(73-84-86(80,81)83-71-70-77(3,4)5)85-76(79)69-67-65-63-61-59-57-55-53-51-48-27-25-23-21-19-17-15-13-11-9-7-2/h9,11,15,17-18,20-21,23-24,26-27,48,74H,6-8,10,12-14,16,19,22,25,28-47,49-73H2,1-5H3/b11-9-,17-15-,20-18-,23-21-,26-24-,48-27-. The van der Waals surface area contributed by atoms with Crippen LogP contribution in [0.5, 0.6) is 0 Å². The number of hydrogen-bond donors (Lipinski definition) is 0. The number of esters is 2. The van der Waals surface area contributed by atoms with Gasteiger partial charge in [-0.05, 0) is 83.5 Å². The third-order valence-electron chi connectivity index (χ3n) is 16.2. The lowest BCUT2D eigenvalue weighted by molar-refractivity contribution is -0.870. The molecule has 0 aliphatic rings. The van der Waals surface area contributed by atoms with E-state index in [0.717, 1.165) is 77.0 Å². The van der Waals surface area contributed by atoms with Crippen LogP contribution < -0.4 is 4.89 Å². The fraction of sp³-hybridized carbons (Fsp3) is 0.816. The molecule has 2 unspecified atom stereocenters. The second kappa shape index (κ2) is 66.9. The number of hydrogen-bond acceptors (Lipinski definition) is 8. The number of rotatable bonds is 68. The quantitative estimate of drug-likeness (QED) is 0.0195. The second-order valence-electron chi connectivity index (χ2n) is 25.9. The van der Waals surface area contributed by atoms with Crippen LogP contribution in [0.2, 0.25) is 0 Å². The van der Waals surface area contributed by atoms with Crippen LogP contribution in [0, 0.1) is 0 Å². The molecule has 502 valence electrons. The highest BCUT2D eigenvalue weighted by atomic mass is 31.2. The first-order valence-corrected chi connectivity index (χ1v) is 38.1. The van der Waals surface area contributed by atoms with Crippen LogP contribution in [-0.2, 0) is 32.7 Å². The molecule has 0 saturated heterocycles. The molecule has 0 bridgehead atoms. The molecule has 9 nitrogen and oxygen atoms in total. The van der Waals surface area contributed by atoms with Crippen LogP contribution >= 0.6 is 7.82 Å². The number of quaternary nitrogens is 1. The van der Waals surface area contributed by atoms with E-state index in [1.165, 1.54) is 238 Å². The van der Waals surface area contributed by atoms with E-state index >= 15 is 0 Å². The van der Waals surface area contributed by atoms with Gasteiger partial charge in [-0.25, -0.2) is 0 Å². The SMILES string of the molecule is CC/C=C\C/C=C\C/C=C\C/C=C\CCCCCCCCCCC(=O)OC(COC(=O)CCCCCCCCCCCCCCCCCCCCCCCCCCCCCCC/C=C\C/C=C\CCCCCCC)COP(=O)([O-])OCC[N+](C)(C)C. The summed E-state index contributed by atoms with van der Waals surface area (Å²) in [6.07, 6.45) is 90.2. The first-order valence-electron chi connectivity index (χ1n) is 36.6. The van der Waals surface area contributed by atoms with Gasteiger partial charge < -0.3 is 27.9 Å². The summed E-state index contributed by atoms with van der Waals surface area (Å²) in [7, 11) is 1.17. The number of carbonyl (C=O) groups is 2. The Morgan fingerprint density at radius 2 is 0.663 bits per heavy atom. The zero-order valence-corrected chi connectivity index (χ0v) is 58.2. The molecule has 0 rings (SSSR count). The summed E-state index contributed by atoms with van der Waals surface area (Å²) in [5.74, 6) is -0.830. The summed E-state index contributed by atoms with van der Waals surface area (Å²) in [6, 6.07) is 0. The van der Waals surface area contributed by atoms with Crippen molar-refractivity contribution in [3.63, 3.8) is 0 Å². The molecule has 0 heterocycles. The maximum absolute atomic E-state index is 12.8. The van der Waals surface area contributed by atoms with Crippen molar-refractivity contribution in [1.29, 1.82) is 0 Å². The van der Waals surface area contributed by atoms with E-state index in [0.29, 0.717) is 17.4 Å². The second-order valence-corrected chi connectivity index (χ2v) is 27.3. The highest BCUT2D eigenvalue weighted by molar-refractivity contribution is 7.45. The number of phosphoric ester groups is 1. The fourth-order valence-corrected chi connectivity index (χ4v) is 11.4. The van der Waals surface area contributed by atoms with Crippen molar-refractivity contribution >= 4 is 19.8 Å².